The molecule has 1 amide bonds. The number of carbonyl (C=O) groups excluding carboxylic acids is 1. The van der Waals surface area contributed by atoms with E-state index in [4.69, 9.17) is 5.73 Å². The van der Waals surface area contributed by atoms with Crippen molar-refractivity contribution in [3.8, 4) is 0 Å². The molecule has 0 spiro atoms. The summed E-state index contributed by atoms with van der Waals surface area (Å²) in [4.78, 5) is 11.8. The van der Waals surface area contributed by atoms with Gasteiger partial charge in [-0.1, -0.05) is 6.92 Å². The van der Waals surface area contributed by atoms with E-state index in [1.807, 2.05) is 6.92 Å². The Morgan fingerprint density at radius 2 is 2.12 bits per heavy atom. The summed E-state index contributed by atoms with van der Waals surface area (Å²) in [5.74, 6) is 0.724. The van der Waals surface area contributed by atoms with Gasteiger partial charge in [0.1, 0.15) is 0 Å². The van der Waals surface area contributed by atoms with Crippen LogP contribution in [0, 0.1) is 5.92 Å². The van der Waals surface area contributed by atoms with Crippen molar-refractivity contribution in [3.05, 3.63) is 0 Å². The third-order valence-corrected chi connectivity index (χ3v) is 3.77. The van der Waals surface area contributed by atoms with Crippen LogP contribution in [0.25, 0.3) is 0 Å². The van der Waals surface area contributed by atoms with Crippen molar-refractivity contribution in [3.63, 3.8) is 0 Å². The number of amides is 1. The summed E-state index contributed by atoms with van der Waals surface area (Å²) in [6.45, 7) is 4.17. The molecular formula is C13H26N2O2. The van der Waals surface area contributed by atoms with Gasteiger partial charge in [-0.3, -0.25) is 4.79 Å². The second kappa shape index (κ2) is 6.36. The monoisotopic (exact) mass is 242 g/mol. The van der Waals surface area contributed by atoms with Crippen molar-refractivity contribution in [2.75, 3.05) is 6.61 Å². The Bertz CT molecular complexity index is 246. The molecule has 4 heteroatoms. The number of hydrogen-bond donors (Lipinski definition) is 3. The molecule has 0 aromatic carbocycles. The van der Waals surface area contributed by atoms with E-state index in [1.54, 1.807) is 0 Å². The Balaban J connectivity index is 2.43. The zero-order valence-corrected chi connectivity index (χ0v) is 11.0. The average molecular weight is 242 g/mol. The highest BCUT2D eigenvalue weighted by atomic mass is 16.3. The van der Waals surface area contributed by atoms with Gasteiger partial charge in [0, 0.05) is 12.5 Å². The molecule has 100 valence electrons. The minimum absolute atomic E-state index is 0.0194. The molecule has 1 saturated carbocycles. The molecule has 1 rings (SSSR count). The summed E-state index contributed by atoms with van der Waals surface area (Å²) in [5.41, 5.74) is 5.25. The van der Waals surface area contributed by atoms with Crippen LogP contribution >= 0.6 is 0 Å². The summed E-state index contributed by atoms with van der Waals surface area (Å²) >= 11 is 0. The number of rotatable bonds is 5. The van der Waals surface area contributed by atoms with E-state index in [2.05, 4.69) is 12.2 Å². The summed E-state index contributed by atoms with van der Waals surface area (Å²) in [7, 11) is 0. The fraction of sp³-hybridized carbons (Fsp3) is 0.923. The smallest absolute Gasteiger partial charge is 0.220 e. The predicted octanol–water partition coefficient (Wildman–Crippen LogP) is 1.17. The number of nitrogens with one attached hydrogen (secondary N) is 1. The standard InChI is InChI=1S/C13H26N2O2/c1-10-5-7-13(9-16,8-6-10)15-12(17)4-3-11(2)14/h10-11,16H,3-9,14H2,1-2H3,(H,15,17). The molecule has 1 atom stereocenters. The lowest BCUT2D eigenvalue weighted by Gasteiger charge is -2.38. The Morgan fingerprint density at radius 3 is 2.59 bits per heavy atom. The largest absolute Gasteiger partial charge is 0.394 e. The SMILES string of the molecule is CC(N)CCC(=O)NC1(CO)CCC(C)CC1. The van der Waals surface area contributed by atoms with E-state index >= 15 is 0 Å². The van der Waals surface area contributed by atoms with Crippen molar-refractivity contribution < 1.29 is 9.90 Å². The normalized spacial score (nSPS) is 30.9. The first-order chi connectivity index (χ1) is 7.97. The summed E-state index contributed by atoms with van der Waals surface area (Å²) in [6, 6.07) is 0.0530. The van der Waals surface area contributed by atoms with Crippen molar-refractivity contribution >= 4 is 5.91 Å². The molecule has 4 N–H and O–H groups in total. The van der Waals surface area contributed by atoms with Gasteiger partial charge < -0.3 is 16.2 Å². The molecule has 17 heavy (non-hydrogen) atoms. The fourth-order valence-corrected chi connectivity index (χ4v) is 2.35. The third-order valence-electron chi connectivity index (χ3n) is 3.77. The van der Waals surface area contributed by atoms with Crippen LogP contribution in [-0.4, -0.2) is 29.2 Å². The molecule has 0 aliphatic heterocycles. The Hall–Kier alpha value is -0.610. The second-order valence-corrected chi connectivity index (χ2v) is 5.69. The van der Waals surface area contributed by atoms with Gasteiger partial charge in [-0.2, -0.15) is 0 Å². The maximum Gasteiger partial charge on any atom is 0.220 e. The van der Waals surface area contributed by atoms with E-state index in [0.717, 1.165) is 25.7 Å². The summed E-state index contributed by atoms with van der Waals surface area (Å²) < 4.78 is 0. The molecule has 1 unspecified atom stereocenters. The minimum atomic E-state index is -0.374. The molecule has 4 nitrogen and oxygen atoms in total. The van der Waals surface area contributed by atoms with E-state index in [1.165, 1.54) is 0 Å². The molecule has 0 aromatic heterocycles. The maximum atomic E-state index is 11.8. The van der Waals surface area contributed by atoms with Crippen LogP contribution in [0.1, 0.15) is 52.4 Å². The van der Waals surface area contributed by atoms with Crippen LogP contribution in [0.3, 0.4) is 0 Å². The second-order valence-electron chi connectivity index (χ2n) is 5.69. The lowest BCUT2D eigenvalue weighted by molar-refractivity contribution is -0.124. The van der Waals surface area contributed by atoms with Crippen LogP contribution in [0.5, 0.6) is 0 Å². The molecule has 0 aromatic rings. The number of aliphatic hydroxyl groups excluding tert-OH is 1. The number of hydrogen-bond acceptors (Lipinski definition) is 3. The number of carbonyl (C=O) groups is 1. The Morgan fingerprint density at radius 1 is 1.53 bits per heavy atom. The van der Waals surface area contributed by atoms with Gasteiger partial charge in [-0.15, -0.1) is 0 Å². The molecule has 0 bridgehead atoms. The topological polar surface area (TPSA) is 75.4 Å². The van der Waals surface area contributed by atoms with E-state index in [-0.39, 0.29) is 24.1 Å². The van der Waals surface area contributed by atoms with Crippen molar-refractivity contribution in [2.24, 2.45) is 11.7 Å². The molecule has 0 saturated heterocycles. The maximum absolute atomic E-state index is 11.8. The van der Waals surface area contributed by atoms with Crippen molar-refractivity contribution in [1.29, 1.82) is 0 Å². The first-order valence-electron chi connectivity index (χ1n) is 6.65. The van der Waals surface area contributed by atoms with Gasteiger partial charge in [-0.05, 0) is 44.9 Å². The molecule has 0 heterocycles. The number of nitrogens with two attached hydrogens (primary N) is 1. The fourth-order valence-electron chi connectivity index (χ4n) is 2.35. The highest BCUT2D eigenvalue weighted by Gasteiger charge is 2.34. The van der Waals surface area contributed by atoms with Gasteiger partial charge in [0.15, 0.2) is 0 Å². The lowest BCUT2D eigenvalue weighted by Crippen LogP contribution is -2.53. The Labute approximate surface area is 104 Å². The van der Waals surface area contributed by atoms with Crippen molar-refractivity contribution in [1.82, 2.24) is 5.32 Å². The zero-order valence-electron chi connectivity index (χ0n) is 11.0. The molecule has 1 fully saturated rings. The highest BCUT2D eigenvalue weighted by Crippen LogP contribution is 2.31. The average Bonchev–Trinajstić information content (AvgIpc) is 2.30. The minimum Gasteiger partial charge on any atom is -0.394 e. The molecule has 0 radical (unpaired) electrons. The first-order valence-corrected chi connectivity index (χ1v) is 6.65. The molecular weight excluding hydrogens is 216 g/mol. The van der Waals surface area contributed by atoms with Crippen LogP contribution in [0.4, 0.5) is 0 Å². The van der Waals surface area contributed by atoms with E-state index in [0.29, 0.717) is 18.8 Å². The van der Waals surface area contributed by atoms with Crippen LogP contribution < -0.4 is 11.1 Å². The third kappa shape index (κ3) is 4.64. The predicted molar refractivity (Wildman–Crippen MR) is 68.5 cm³/mol. The van der Waals surface area contributed by atoms with Crippen LogP contribution in [0.15, 0.2) is 0 Å². The highest BCUT2D eigenvalue weighted by molar-refractivity contribution is 5.76. The van der Waals surface area contributed by atoms with Gasteiger partial charge in [0.2, 0.25) is 5.91 Å². The van der Waals surface area contributed by atoms with Crippen LogP contribution in [-0.2, 0) is 4.79 Å². The summed E-state index contributed by atoms with van der Waals surface area (Å²) in [6.07, 6.45) is 5.07. The van der Waals surface area contributed by atoms with Gasteiger partial charge in [0.25, 0.3) is 0 Å². The number of aliphatic hydroxyl groups is 1. The quantitative estimate of drug-likeness (QED) is 0.677. The summed E-state index contributed by atoms with van der Waals surface area (Å²) in [5, 5.41) is 12.5. The van der Waals surface area contributed by atoms with Gasteiger partial charge >= 0.3 is 0 Å². The van der Waals surface area contributed by atoms with Gasteiger partial charge in [0.05, 0.1) is 12.1 Å². The van der Waals surface area contributed by atoms with E-state index < -0.39 is 0 Å². The molecule has 1 aliphatic carbocycles. The first kappa shape index (κ1) is 14.5. The van der Waals surface area contributed by atoms with Crippen molar-refractivity contribution in [2.45, 2.75) is 64.0 Å². The lowest BCUT2D eigenvalue weighted by atomic mass is 9.77. The zero-order chi connectivity index (χ0) is 12.9. The van der Waals surface area contributed by atoms with E-state index in [9.17, 15) is 9.90 Å². The van der Waals surface area contributed by atoms with Crippen LogP contribution in [0.2, 0.25) is 0 Å². The molecule has 1 aliphatic rings. The Kier molecular flexibility index (Phi) is 5.40. The van der Waals surface area contributed by atoms with Gasteiger partial charge in [-0.25, -0.2) is 0 Å².